The highest BCUT2D eigenvalue weighted by atomic mass is 35.5. The van der Waals surface area contributed by atoms with Gasteiger partial charge >= 0.3 is 6.18 Å². The fraction of sp³-hybridized carbons (Fsp3) is 0.333. The summed E-state index contributed by atoms with van der Waals surface area (Å²) in [5, 5.41) is 7.23. The first-order valence-corrected chi connectivity index (χ1v) is 11.0. The Labute approximate surface area is 194 Å². The Morgan fingerprint density at radius 2 is 1.91 bits per heavy atom. The van der Waals surface area contributed by atoms with Gasteiger partial charge in [0, 0.05) is 33.7 Å². The summed E-state index contributed by atoms with van der Waals surface area (Å²) >= 11 is 6.09. The number of fused-ring (bicyclic) bond motifs is 1. The highest BCUT2D eigenvalue weighted by molar-refractivity contribution is 6.31. The number of hydrogen-bond donors (Lipinski definition) is 2. The van der Waals surface area contributed by atoms with Gasteiger partial charge in [0.05, 0.1) is 12.6 Å². The van der Waals surface area contributed by atoms with Crippen molar-refractivity contribution in [2.45, 2.75) is 43.9 Å². The molecule has 9 heteroatoms. The van der Waals surface area contributed by atoms with Crippen molar-refractivity contribution < 1.29 is 22.7 Å². The lowest BCUT2D eigenvalue weighted by atomic mass is 9.90. The van der Waals surface area contributed by atoms with Crippen LogP contribution in [0.4, 0.5) is 18.9 Å². The number of rotatable bonds is 5. The predicted molar refractivity (Wildman–Crippen MR) is 122 cm³/mol. The molecule has 1 aliphatic carbocycles. The van der Waals surface area contributed by atoms with Crippen molar-refractivity contribution in [3.8, 4) is 5.75 Å². The van der Waals surface area contributed by atoms with Crippen LogP contribution in [0, 0.1) is 0 Å². The molecule has 4 rings (SSSR count). The lowest BCUT2D eigenvalue weighted by Gasteiger charge is -2.31. The molecule has 0 bridgehead atoms. The van der Waals surface area contributed by atoms with E-state index in [0.29, 0.717) is 33.8 Å². The fourth-order valence-electron chi connectivity index (χ4n) is 4.17. The van der Waals surface area contributed by atoms with Crippen LogP contribution < -0.4 is 15.4 Å². The minimum absolute atomic E-state index is 0.103. The van der Waals surface area contributed by atoms with Gasteiger partial charge in [-0.2, -0.15) is 13.2 Å². The molecule has 1 fully saturated rings. The van der Waals surface area contributed by atoms with Gasteiger partial charge < -0.3 is 15.4 Å². The maximum atomic E-state index is 13.4. The second-order valence-corrected chi connectivity index (χ2v) is 8.56. The normalized spacial score (nSPS) is 18.7. The van der Waals surface area contributed by atoms with Gasteiger partial charge in [-0.1, -0.05) is 17.7 Å². The van der Waals surface area contributed by atoms with E-state index in [9.17, 15) is 18.0 Å². The second kappa shape index (κ2) is 9.47. The van der Waals surface area contributed by atoms with Crippen LogP contribution >= 0.6 is 11.6 Å². The SMILES string of the molecule is COc1cccc(C(=O)N[C@@H]2CCC[C@H](Nc3cc(C(F)(F)F)nc4ccc(Cl)cc34)C2)c1. The van der Waals surface area contributed by atoms with Gasteiger partial charge in [-0.05, 0) is 68.1 Å². The summed E-state index contributed by atoms with van der Waals surface area (Å²) in [4.78, 5) is 16.4. The van der Waals surface area contributed by atoms with Crippen LogP contribution in [0.2, 0.25) is 5.02 Å². The first-order chi connectivity index (χ1) is 15.7. The Morgan fingerprint density at radius 3 is 2.67 bits per heavy atom. The van der Waals surface area contributed by atoms with Crippen molar-refractivity contribution in [3.63, 3.8) is 0 Å². The summed E-state index contributed by atoms with van der Waals surface area (Å²) < 4.78 is 45.4. The van der Waals surface area contributed by atoms with Crippen LogP contribution in [0.3, 0.4) is 0 Å². The Bertz CT molecular complexity index is 1170. The van der Waals surface area contributed by atoms with E-state index < -0.39 is 11.9 Å². The summed E-state index contributed by atoms with van der Waals surface area (Å²) in [5.41, 5.74) is 0.0857. The number of amides is 1. The lowest BCUT2D eigenvalue weighted by Crippen LogP contribution is -2.41. The molecule has 2 atom stereocenters. The molecule has 1 heterocycles. The number of hydrogen-bond acceptors (Lipinski definition) is 4. The van der Waals surface area contributed by atoms with E-state index in [-0.39, 0.29) is 23.5 Å². The van der Waals surface area contributed by atoms with Gasteiger partial charge in [0.25, 0.3) is 5.91 Å². The van der Waals surface area contributed by atoms with Crippen LogP contribution in [-0.4, -0.2) is 30.1 Å². The summed E-state index contributed by atoms with van der Waals surface area (Å²) in [5.74, 6) is 0.384. The van der Waals surface area contributed by atoms with Gasteiger partial charge in [0.1, 0.15) is 11.4 Å². The molecule has 1 amide bonds. The number of pyridine rings is 1. The molecule has 1 saturated carbocycles. The van der Waals surface area contributed by atoms with Crippen LogP contribution in [-0.2, 0) is 6.18 Å². The summed E-state index contributed by atoms with van der Waals surface area (Å²) in [7, 11) is 1.54. The summed E-state index contributed by atoms with van der Waals surface area (Å²) in [6.07, 6.45) is -1.58. The van der Waals surface area contributed by atoms with Crippen LogP contribution in [0.25, 0.3) is 10.9 Å². The Balaban J connectivity index is 1.52. The summed E-state index contributed by atoms with van der Waals surface area (Å²) in [6, 6.07) is 12.3. The molecule has 174 valence electrons. The molecule has 1 aliphatic rings. The molecule has 0 unspecified atom stereocenters. The zero-order valence-electron chi connectivity index (χ0n) is 17.9. The third-order valence-electron chi connectivity index (χ3n) is 5.76. The van der Waals surface area contributed by atoms with Crippen molar-refractivity contribution in [1.29, 1.82) is 0 Å². The van der Waals surface area contributed by atoms with Gasteiger partial charge in [0.15, 0.2) is 0 Å². The smallest absolute Gasteiger partial charge is 0.433 e. The van der Waals surface area contributed by atoms with Crippen molar-refractivity contribution >= 4 is 34.1 Å². The van der Waals surface area contributed by atoms with Gasteiger partial charge in [-0.3, -0.25) is 4.79 Å². The number of ether oxygens (including phenoxy) is 1. The average Bonchev–Trinajstić information content (AvgIpc) is 2.79. The van der Waals surface area contributed by atoms with Crippen molar-refractivity contribution in [2.24, 2.45) is 0 Å². The molecular formula is C24H23ClF3N3O2. The van der Waals surface area contributed by atoms with Gasteiger partial charge in [0.2, 0.25) is 0 Å². The average molecular weight is 478 g/mol. The molecule has 33 heavy (non-hydrogen) atoms. The number of halogens is 4. The van der Waals surface area contributed by atoms with E-state index in [1.54, 1.807) is 30.3 Å². The van der Waals surface area contributed by atoms with Gasteiger partial charge in [-0.15, -0.1) is 0 Å². The Morgan fingerprint density at radius 1 is 1.12 bits per heavy atom. The summed E-state index contributed by atoms with van der Waals surface area (Å²) in [6.45, 7) is 0. The number of carbonyl (C=O) groups is 1. The Kier molecular flexibility index (Phi) is 6.65. The van der Waals surface area contributed by atoms with E-state index in [1.807, 2.05) is 0 Å². The van der Waals surface area contributed by atoms with Crippen molar-refractivity contribution in [1.82, 2.24) is 10.3 Å². The first kappa shape index (κ1) is 23.2. The molecule has 5 nitrogen and oxygen atoms in total. The molecule has 0 spiro atoms. The van der Waals surface area contributed by atoms with E-state index in [2.05, 4.69) is 15.6 Å². The standard InChI is InChI=1S/C24H23ClF3N3O2/c1-33-18-7-2-4-14(10-18)23(32)30-17-6-3-5-16(12-17)29-21-13-22(24(26,27)28)31-20-9-8-15(25)11-19(20)21/h2,4,7-11,13,16-17H,3,5-6,12H2,1H3,(H,29,31)(H,30,32)/t16-,17+/m0/s1. The minimum atomic E-state index is -4.57. The third-order valence-corrected chi connectivity index (χ3v) is 6.00. The monoisotopic (exact) mass is 477 g/mol. The zero-order chi connectivity index (χ0) is 23.6. The largest absolute Gasteiger partial charge is 0.497 e. The topological polar surface area (TPSA) is 63.2 Å². The number of nitrogens with zero attached hydrogens (tertiary/aromatic N) is 1. The number of anilines is 1. The Hall–Kier alpha value is -3.00. The molecule has 3 aromatic rings. The number of aromatic nitrogens is 1. The quantitative estimate of drug-likeness (QED) is 0.468. The van der Waals surface area contributed by atoms with Gasteiger partial charge in [-0.25, -0.2) is 4.98 Å². The maximum absolute atomic E-state index is 13.4. The molecule has 0 saturated heterocycles. The lowest BCUT2D eigenvalue weighted by molar-refractivity contribution is -0.140. The molecule has 2 N–H and O–H groups in total. The predicted octanol–water partition coefficient (Wildman–Crippen LogP) is 6.07. The van der Waals surface area contributed by atoms with E-state index in [1.165, 1.54) is 19.2 Å². The number of methoxy groups -OCH3 is 1. The fourth-order valence-corrected chi connectivity index (χ4v) is 4.34. The molecule has 0 aliphatic heterocycles. The third kappa shape index (κ3) is 5.50. The van der Waals surface area contributed by atoms with Crippen LogP contribution in [0.1, 0.15) is 41.7 Å². The van der Waals surface area contributed by atoms with Crippen LogP contribution in [0.5, 0.6) is 5.75 Å². The second-order valence-electron chi connectivity index (χ2n) is 8.12. The van der Waals surface area contributed by atoms with E-state index in [0.717, 1.165) is 25.3 Å². The van der Waals surface area contributed by atoms with E-state index >= 15 is 0 Å². The van der Waals surface area contributed by atoms with E-state index in [4.69, 9.17) is 16.3 Å². The maximum Gasteiger partial charge on any atom is 0.433 e. The van der Waals surface area contributed by atoms with Crippen molar-refractivity contribution in [3.05, 3.63) is 64.8 Å². The van der Waals surface area contributed by atoms with Crippen molar-refractivity contribution in [2.75, 3.05) is 12.4 Å². The highest BCUT2D eigenvalue weighted by Gasteiger charge is 2.34. The first-order valence-electron chi connectivity index (χ1n) is 10.6. The number of nitrogens with one attached hydrogen (secondary N) is 2. The molecule has 0 radical (unpaired) electrons. The molecule has 2 aromatic carbocycles. The molecule has 1 aromatic heterocycles. The van der Waals surface area contributed by atoms with Crippen LogP contribution in [0.15, 0.2) is 48.5 Å². The number of alkyl halides is 3. The highest BCUT2D eigenvalue weighted by Crippen LogP contribution is 2.35. The molecular weight excluding hydrogens is 455 g/mol. The zero-order valence-corrected chi connectivity index (χ0v) is 18.6. The number of benzene rings is 2. The number of carbonyl (C=O) groups excluding carboxylic acids is 1. The minimum Gasteiger partial charge on any atom is -0.497 e.